The molecule has 88 valence electrons. The van der Waals surface area contributed by atoms with Crippen molar-refractivity contribution in [3.8, 4) is 0 Å². The van der Waals surface area contributed by atoms with E-state index < -0.39 is 0 Å². The molecule has 0 spiro atoms. The van der Waals surface area contributed by atoms with Gasteiger partial charge in [0.25, 0.3) is 0 Å². The summed E-state index contributed by atoms with van der Waals surface area (Å²) in [6.45, 7) is 1.93. The Morgan fingerprint density at radius 3 is 2.59 bits per heavy atom. The fraction of sp³-hybridized carbons (Fsp3) is 0.0769. The van der Waals surface area contributed by atoms with Crippen molar-refractivity contribution in [2.45, 2.75) is 6.92 Å². The minimum atomic E-state index is -0.352. The Morgan fingerprint density at radius 2 is 1.94 bits per heavy atom. The first-order valence-corrected chi connectivity index (χ1v) is 5.52. The lowest BCUT2D eigenvalue weighted by Gasteiger charge is -2.10. The van der Waals surface area contributed by atoms with E-state index in [1.165, 1.54) is 12.1 Å². The van der Waals surface area contributed by atoms with Crippen molar-refractivity contribution in [1.82, 2.24) is 0 Å². The van der Waals surface area contributed by atoms with E-state index in [-0.39, 0.29) is 5.82 Å². The van der Waals surface area contributed by atoms with E-state index in [0.717, 1.165) is 11.3 Å². The summed E-state index contributed by atoms with van der Waals surface area (Å²) in [5.74, 6) is -0.352. The number of aryl methyl sites for hydroxylation is 1. The smallest absolute Gasteiger partial charge is 0.125 e. The van der Waals surface area contributed by atoms with Gasteiger partial charge >= 0.3 is 0 Å². The Balaban J connectivity index is 2.28. The van der Waals surface area contributed by atoms with Gasteiger partial charge in [0.05, 0.1) is 11.4 Å². The number of hydrogen-bond acceptors (Lipinski definition) is 2. The summed E-state index contributed by atoms with van der Waals surface area (Å²) in [7, 11) is 0. The molecule has 0 aliphatic heterocycles. The van der Waals surface area contributed by atoms with E-state index >= 15 is 0 Å². The molecule has 0 heterocycles. The van der Waals surface area contributed by atoms with Gasteiger partial charge in [0.15, 0.2) is 0 Å². The molecule has 2 aromatic rings. The van der Waals surface area contributed by atoms with Crippen molar-refractivity contribution >= 4 is 28.7 Å². The van der Waals surface area contributed by atoms with Crippen molar-refractivity contribution in [3.05, 3.63) is 52.8 Å². The highest BCUT2D eigenvalue weighted by molar-refractivity contribution is 6.31. The topological polar surface area (TPSA) is 38.0 Å². The highest BCUT2D eigenvalue weighted by Gasteiger charge is 2.02. The van der Waals surface area contributed by atoms with Crippen LogP contribution in [0, 0.1) is 12.7 Å². The number of halogens is 2. The van der Waals surface area contributed by atoms with Gasteiger partial charge in [0.2, 0.25) is 0 Å². The van der Waals surface area contributed by atoms with E-state index in [0.29, 0.717) is 16.4 Å². The predicted molar refractivity (Wildman–Crippen MR) is 70.3 cm³/mol. The lowest BCUT2D eigenvalue weighted by atomic mass is 10.2. The molecule has 0 bridgehead atoms. The van der Waals surface area contributed by atoms with Crippen LogP contribution in [0.25, 0.3) is 0 Å². The maximum atomic E-state index is 12.9. The molecule has 2 nitrogen and oxygen atoms in total. The molecule has 0 aliphatic rings. The minimum absolute atomic E-state index is 0.352. The number of anilines is 3. The van der Waals surface area contributed by atoms with Gasteiger partial charge in [-0.25, -0.2) is 4.39 Å². The zero-order valence-corrected chi connectivity index (χ0v) is 10.1. The number of benzene rings is 2. The Morgan fingerprint density at radius 1 is 1.18 bits per heavy atom. The molecule has 0 atom stereocenters. The van der Waals surface area contributed by atoms with Crippen molar-refractivity contribution in [2.75, 3.05) is 11.1 Å². The van der Waals surface area contributed by atoms with Gasteiger partial charge in [-0.1, -0.05) is 17.7 Å². The molecule has 17 heavy (non-hydrogen) atoms. The fourth-order valence-electron chi connectivity index (χ4n) is 1.47. The Bertz CT molecular complexity index is 555. The largest absolute Gasteiger partial charge is 0.397 e. The summed E-state index contributed by atoms with van der Waals surface area (Å²) in [6.07, 6.45) is 0. The van der Waals surface area contributed by atoms with Crippen molar-refractivity contribution in [3.63, 3.8) is 0 Å². The second-order valence-corrected chi connectivity index (χ2v) is 4.23. The predicted octanol–water partition coefficient (Wildman–Crippen LogP) is 4.11. The summed E-state index contributed by atoms with van der Waals surface area (Å²) in [5.41, 5.74) is 8.55. The van der Waals surface area contributed by atoms with E-state index in [4.69, 9.17) is 17.3 Å². The van der Waals surface area contributed by atoms with E-state index in [9.17, 15) is 4.39 Å². The standard InChI is InChI=1S/C13H12ClFN2/c1-8-2-4-10(7-11(8)14)17-13-5-3-9(15)6-12(13)16/h2-7,17H,16H2,1H3. The summed E-state index contributed by atoms with van der Waals surface area (Å²) in [6, 6.07) is 9.83. The summed E-state index contributed by atoms with van der Waals surface area (Å²) in [4.78, 5) is 0. The van der Waals surface area contributed by atoms with Crippen LogP contribution in [0.2, 0.25) is 5.02 Å². The second kappa shape index (κ2) is 4.63. The van der Waals surface area contributed by atoms with Gasteiger partial charge in [-0.3, -0.25) is 0 Å². The Hall–Kier alpha value is -1.74. The first-order chi connectivity index (χ1) is 8.06. The highest BCUT2D eigenvalue weighted by atomic mass is 35.5. The molecule has 4 heteroatoms. The lowest BCUT2D eigenvalue weighted by Crippen LogP contribution is -1.97. The molecule has 0 unspecified atom stereocenters. The maximum Gasteiger partial charge on any atom is 0.125 e. The molecular weight excluding hydrogens is 239 g/mol. The number of hydrogen-bond donors (Lipinski definition) is 2. The van der Waals surface area contributed by atoms with Gasteiger partial charge in [0, 0.05) is 10.7 Å². The quantitative estimate of drug-likeness (QED) is 0.787. The average molecular weight is 251 g/mol. The van der Waals surface area contributed by atoms with Crippen LogP contribution in [0.5, 0.6) is 0 Å². The number of nitrogens with two attached hydrogens (primary N) is 1. The van der Waals surface area contributed by atoms with Crippen LogP contribution in [-0.2, 0) is 0 Å². The van der Waals surface area contributed by atoms with E-state index in [1.807, 2.05) is 19.1 Å². The van der Waals surface area contributed by atoms with Crippen LogP contribution in [0.15, 0.2) is 36.4 Å². The minimum Gasteiger partial charge on any atom is -0.397 e. The maximum absolute atomic E-state index is 12.9. The molecule has 0 fully saturated rings. The Labute approximate surface area is 104 Å². The van der Waals surface area contributed by atoms with Crippen LogP contribution >= 0.6 is 11.6 Å². The summed E-state index contributed by atoms with van der Waals surface area (Å²) in [5, 5.41) is 3.77. The van der Waals surface area contributed by atoms with Crippen LogP contribution in [0.3, 0.4) is 0 Å². The molecule has 2 rings (SSSR count). The van der Waals surface area contributed by atoms with Gasteiger partial charge in [-0.2, -0.15) is 0 Å². The van der Waals surface area contributed by atoms with Gasteiger partial charge in [0.1, 0.15) is 5.82 Å². The molecular formula is C13H12ClFN2. The zero-order valence-electron chi connectivity index (χ0n) is 9.30. The average Bonchev–Trinajstić information content (AvgIpc) is 2.27. The first kappa shape index (κ1) is 11.7. The third kappa shape index (κ3) is 2.68. The van der Waals surface area contributed by atoms with Crippen molar-refractivity contribution in [1.29, 1.82) is 0 Å². The molecule has 0 saturated carbocycles. The third-order valence-electron chi connectivity index (χ3n) is 2.46. The van der Waals surface area contributed by atoms with Crippen LogP contribution < -0.4 is 11.1 Å². The normalized spacial score (nSPS) is 10.3. The van der Waals surface area contributed by atoms with E-state index in [2.05, 4.69) is 5.32 Å². The molecule has 0 radical (unpaired) electrons. The van der Waals surface area contributed by atoms with Crippen LogP contribution in [0.4, 0.5) is 21.5 Å². The number of nitrogen functional groups attached to an aromatic ring is 1. The molecule has 0 amide bonds. The van der Waals surface area contributed by atoms with Crippen LogP contribution in [0.1, 0.15) is 5.56 Å². The van der Waals surface area contributed by atoms with Crippen molar-refractivity contribution < 1.29 is 4.39 Å². The van der Waals surface area contributed by atoms with E-state index in [1.54, 1.807) is 12.1 Å². The zero-order chi connectivity index (χ0) is 12.4. The molecule has 0 aliphatic carbocycles. The lowest BCUT2D eigenvalue weighted by molar-refractivity contribution is 0.628. The van der Waals surface area contributed by atoms with Gasteiger partial charge in [-0.15, -0.1) is 0 Å². The van der Waals surface area contributed by atoms with Crippen LogP contribution in [-0.4, -0.2) is 0 Å². The highest BCUT2D eigenvalue weighted by Crippen LogP contribution is 2.26. The van der Waals surface area contributed by atoms with Crippen molar-refractivity contribution in [2.24, 2.45) is 0 Å². The monoisotopic (exact) mass is 250 g/mol. The molecule has 0 saturated heterocycles. The SMILES string of the molecule is Cc1ccc(Nc2ccc(F)cc2N)cc1Cl. The number of nitrogens with one attached hydrogen (secondary N) is 1. The first-order valence-electron chi connectivity index (χ1n) is 5.14. The third-order valence-corrected chi connectivity index (χ3v) is 2.87. The van der Waals surface area contributed by atoms with Gasteiger partial charge < -0.3 is 11.1 Å². The second-order valence-electron chi connectivity index (χ2n) is 3.82. The summed E-state index contributed by atoms with van der Waals surface area (Å²) < 4.78 is 12.9. The molecule has 0 aromatic heterocycles. The fourth-order valence-corrected chi connectivity index (χ4v) is 1.65. The molecule has 3 N–H and O–H groups in total. The molecule has 2 aromatic carbocycles. The summed E-state index contributed by atoms with van der Waals surface area (Å²) >= 11 is 6.01. The number of rotatable bonds is 2. The van der Waals surface area contributed by atoms with Gasteiger partial charge in [-0.05, 0) is 42.8 Å². The Kier molecular flexibility index (Phi) is 3.20.